The third-order valence-corrected chi connectivity index (χ3v) is 5.92. The molecule has 168 valence electrons. The number of carbonyl (C=O) groups is 1. The van der Waals surface area contributed by atoms with E-state index in [1.165, 1.54) is 12.1 Å². The molecule has 9 heteroatoms. The minimum absolute atomic E-state index is 0.0743. The number of halogens is 1. The third kappa shape index (κ3) is 7.39. The van der Waals surface area contributed by atoms with Crippen LogP contribution in [0.15, 0.2) is 48.5 Å². The van der Waals surface area contributed by atoms with Crippen LogP contribution in [0.5, 0.6) is 0 Å². The van der Waals surface area contributed by atoms with E-state index in [4.69, 9.17) is 4.74 Å². The zero-order valence-corrected chi connectivity index (χ0v) is 18.3. The van der Waals surface area contributed by atoms with Crippen molar-refractivity contribution in [1.82, 2.24) is 14.9 Å². The fourth-order valence-electron chi connectivity index (χ4n) is 3.53. The fourth-order valence-corrected chi connectivity index (χ4v) is 4.00. The van der Waals surface area contributed by atoms with Gasteiger partial charge in [0.15, 0.2) is 0 Å². The second-order valence-electron chi connectivity index (χ2n) is 7.54. The first-order valence-corrected chi connectivity index (χ1v) is 12.1. The standard InChI is InChI=1S/C22H28FN3O4S/c1-31(28,29)25-11-10-17-2-4-19(5-3-17)22(27)24-16-21(26-12-14-30-15-13-26)18-6-8-20(23)9-7-18/h2-9,21,25H,10-16H2,1H3,(H,24,27)/t21-/m0/s1. The van der Waals surface area contributed by atoms with E-state index < -0.39 is 10.0 Å². The highest BCUT2D eigenvalue weighted by molar-refractivity contribution is 7.88. The van der Waals surface area contributed by atoms with Crippen LogP contribution in [0.2, 0.25) is 0 Å². The van der Waals surface area contributed by atoms with Crippen molar-refractivity contribution in [3.05, 3.63) is 71.0 Å². The molecule has 7 nitrogen and oxygen atoms in total. The van der Waals surface area contributed by atoms with Crippen LogP contribution >= 0.6 is 0 Å². The summed E-state index contributed by atoms with van der Waals surface area (Å²) in [6, 6.07) is 13.4. The third-order valence-electron chi connectivity index (χ3n) is 5.19. The molecule has 1 saturated heterocycles. The molecule has 1 heterocycles. The number of hydrogen-bond donors (Lipinski definition) is 2. The summed E-state index contributed by atoms with van der Waals surface area (Å²) in [7, 11) is -3.21. The van der Waals surface area contributed by atoms with E-state index in [0.717, 1.165) is 30.5 Å². The lowest BCUT2D eigenvalue weighted by Gasteiger charge is -2.35. The van der Waals surface area contributed by atoms with Crippen LogP contribution in [0.4, 0.5) is 4.39 Å². The molecular formula is C22H28FN3O4S. The van der Waals surface area contributed by atoms with Gasteiger partial charge >= 0.3 is 0 Å². The summed E-state index contributed by atoms with van der Waals surface area (Å²) in [4.78, 5) is 14.9. The van der Waals surface area contributed by atoms with Gasteiger partial charge in [0, 0.05) is 31.7 Å². The number of benzene rings is 2. The maximum Gasteiger partial charge on any atom is 0.251 e. The summed E-state index contributed by atoms with van der Waals surface area (Å²) in [6.45, 7) is 3.44. The molecule has 0 aliphatic carbocycles. The molecule has 0 aromatic heterocycles. The Kier molecular flexibility index (Phi) is 8.14. The van der Waals surface area contributed by atoms with Crippen molar-refractivity contribution in [3.8, 4) is 0 Å². The van der Waals surface area contributed by atoms with E-state index in [2.05, 4.69) is 14.9 Å². The van der Waals surface area contributed by atoms with E-state index >= 15 is 0 Å². The van der Waals surface area contributed by atoms with E-state index in [1.54, 1.807) is 24.3 Å². The van der Waals surface area contributed by atoms with E-state index in [1.807, 2.05) is 12.1 Å². The Bertz CT molecular complexity index is 959. The Balaban J connectivity index is 1.60. The molecule has 0 unspecified atom stereocenters. The number of morpholine rings is 1. The largest absolute Gasteiger partial charge is 0.379 e. The van der Waals surface area contributed by atoms with Gasteiger partial charge in [-0.15, -0.1) is 0 Å². The van der Waals surface area contributed by atoms with Gasteiger partial charge in [0.25, 0.3) is 5.91 Å². The molecule has 2 N–H and O–H groups in total. The first-order chi connectivity index (χ1) is 14.8. The average Bonchev–Trinajstić information content (AvgIpc) is 2.75. The average molecular weight is 450 g/mol. The Morgan fingerprint density at radius 1 is 1.10 bits per heavy atom. The maximum absolute atomic E-state index is 13.4. The lowest BCUT2D eigenvalue weighted by Crippen LogP contribution is -2.43. The van der Waals surface area contributed by atoms with Crippen LogP contribution in [-0.4, -0.2) is 64.9 Å². The van der Waals surface area contributed by atoms with Gasteiger partial charge in [-0.2, -0.15) is 0 Å². The lowest BCUT2D eigenvalue weighted by atomic mass is 10.0. The molecule has 1 atom stereocenters. The zero-order chi connectivity index (χ0) is 22.3. The van der Waals surface area contributed by atoms with Crippen molar-refractivity contribution in [2.75, 3.05) is 45.6 Å². The summed E-state index contributed by atoms with van der Waals surface area (Å²) < 4.78 is 43.5. The highest BCUT2D eigenvalue weighted by Gasteiger charge is 2.23. The number of sulfonamides is 1. The first kappa shape index (κ1) is 23.3. The normalized spacial score (nSPS) is 16.1. The summed E-state index contributed by atoms with van der Waals surface area (Å²) in [5, 5.41) is 2.99. The number of ether oxygens (including phenoxy) is 1. The molecule has 1 amide bonds. The van der Waals surface area contributed by atoms with Crippen molar-refractivity contribution in [2.45, 2.75) is 12.5 Å². The molecule has 2 aromatic carbocycles. The van der Waals surface area contributed by atoms with E-state index in [-0.39, 0.29) is 17.8 Å². The molecule has 0 bridgehead atoms. The van der Waals surface area contributed by atoms with Gasteiger partial charge in [-0.05, 0) is 41.8 Å². The highest BCUT2D eigenvalue weighted by atomic mass is 32.2. The second kappa shape index (κ2) is 10.8. The zero-order valence-electron chi connectivity index (χ0n) is 17.5. The predicted octanol–water partition coefficient (Wildman–Crippen LogP) is 1.72. The first-order valence-electron chi connectivity index (χ1n) is 10.2. The SMILES string of the molecule is CS(=O)(=O)NCCc1ccc(C(=O)NC[C@@H](c2ccc(F)cc2)N2CCOCC2)cc1. The topological polar surface area (TPSA) is 87.7 Å². The van der Waals surface area contributed by atoms with Gasteiger partial charge in [-0.1, -0.05) is 24.3 Å². The molecule has 0 saturated carbocycles. The molecule has 31 heavy (non-hydrogen) atoms. The minimum Gasteiger partial charge on any atom is -0.379 e. The smallest absolute Gasteiger partial charge is 0.251 e. The van der Waals surface area contributed by atoms with Crippen molar-refractivity contribution in [1.29, 1.82) is 0 Å². The number of rotatable bonds is 9. The monoisotopic (exact) mass is 449 g/mol. The van der Waals surface area contributed by atoms with Crippen LogP contribution in [0.25, 0.3) is 0 Å². The number of amides is 1. The molecule has 1 aliphatic rings. The number of hydrogen-bond acceptors (Lipinski definition) is 5. The van der Waals surface area contributed by atoms with Gasteiger partial charge in [0.2, 0.25) is 10.0 Å². The Morgan fingerprint density at radius 2 is 1.74 bits per heavy atom. The second-order valence-corrected chi connectivity index (χ2v) is 9.37. The van der Waals surface area contributed by atoms with Crippen molar-refractivity contribution >= 4 is 15.9 Å². The summed E-state index contributed by atoms with van der Waals surface area (Å²) >= 11 is 0. The summed E-state index contributed by atoms with van der Waals surface area (Å²) in [5.41, 5.74) is 2.40. The maximum atomic E-state index is 13.4. The molecule has 1 fully saturated rings. The Morgan fingerprint density at radius 3 is 2.35 bits per heavy atom. The molecule has 1 aliphatic heterocycles. The number of nitrogens with zero attached hydrogens (tertiary/aromatic N) is 1. The molecule has 2 aromatic rings. The minimum atomic E-state index is -3.21. The molecule has 0 radical (unpaired) electrons. The molecule has 3 rings (SSSR count). The van der Waals surface area contributed by atoms with E-state index in [9.17, 15) is 17.6 Å². The number of carbonyl (C=O) groups excluding carboxylic acids is 1. The quantitative estimate of drug-likeness (QED) is 0.609. The van der Waals surface area contributed by atoms with Crippen LogP contribution in [0.1, 0.15) is 27.5 Å². The van der Waals surface area contributed by atoms with Crippen molar-refractivity contribution < 1.29 is 22.3 Å². The summed E-state index contributed by atoms with van der Waals surface area (Å²) in [6.07, 6.45) is 1.66. The van der Waals surface area contributed by atoms with Crippen molar-refractivity contribution in [3.63, 3.8) is 0 Å². The predicted molar refractivity (Wildman–Crippen MR) is 117 cm³/mol. The van der Waals surface area contributed by atoms with Gasteiger partial charge in [0.05, 0.1) is 25.5 Å². The van der Waals surface area contributed by atoms with Crippen LogP contribution in [0.3, 0.4) is 0 Å². The van der Waals surface area contributed by atoms with Crippen LogP contribution in [0, 0.1) is 5.82 Å². The molecular weight excluding hydrogens is 421 g/mol. The lowest BCUT2D eigenvalue weighted by molar-refractivity contribution is 0.0162. The Labute approximate surface area is 182 Å². The van der Waals surface area contributed by atoms with Crippen LogP contribution < -0.4 is 10.0 Å². The van der Waals surface area contributed by atoms with Gasteiger partial charge in [0.1, 0.15) is 5.82 Å². The van der Waals surface area contributed by atoms with Crippen molar-refractivity contribution in [2.24, 2.45) is 0 Å². The van der Waals surface area contributed by atoms with E-state index in [0.29, 0.717) is 38.3 Å². The number of nitrogens with one attached hydrogen (secondary N) is 2. The highest BCUT2D eigenvalue weighted by Crippen LogP contribution is 2.22. The van der Waals surface area contributed by atoms with Gasteiger partial charge in [-0.25, -0.2) is 17.5 Å². The van der Waals surface area contributed by atoms with Gasteiger partial charge in [-0.3, -0.25) is 9.69 Å². The summed E-state index contributed by atoms with van der Waals surface area (Å²) in [5.74, 6) is -0.485. The van der Waals surface area contributed by atoms with Crippen LogP contribution in [-0.2, 0) is 21.2 Å². The molecule has 0 spiro atoms. The fraction of sp³-hybridized carbons (Fsp3) is 0.409. The Hall–Kier alpha value is -2.33. The van der Waals surface area contributed by atoms with Gasteiger partial charge < -0.3 is 10.1 Å².